The second kappa shape index (κ2) is 7.10. The Morgan fingerprint density at radius 1 is 0.923 bits per heavy atom. The van der Waals surface area contributed by atoms with E-state index in [2.05, 4.69) is 47.0 Å². The van der Waals surface area contributed by atoms with Crippen LogP contribution in [0.2, 0.25) is 0 Å². The van der Waals surface area contributed by atoms with Gasteiger partial charge in [-0.05, 0) is 35.9 Å². The average molecular weight is 346 g/mol. The summed E-state index contributed by atoms with van der Waals surface area (Å²) in [5, 5.41) is 2.23. The van der Waals surface area contributed by atoms with Crippen LogP contribution < -0.4 is 15.2 Å². The number of fused-ring (bicyclic) bond motifs is 3. The van der Waals surface area contributed by atoms with Crippen molar-refractivity contribution in [3.63, 3.8) is 0 Å². The Labute approximate surface area is 152 Å². The fourth-order valence-corrected chi connectivity index (χ4v) is 3.45. The van der Waals surface area contributed by atoms with Crippen LogP contribution >= 0.6 is 0 Å². The van der Waals surface area contributed by atoms with Gasteiger partial charge in [0.25, 0.3) is 0 Å². The second-order valence-electron chi connectivity index (χ2n) is 6.24. The summed E-state index contributed by atoms with van der Waals surface area (Å²) in [5.74, 6) is 1.70. The van der Waals surface area contributed by atoms with Crippen LogP contribution in [0.1, 0.15) is 5.56 Å². The van der Waals surface area contributed by atoms with Crippen LogP contribution in [0, 0.1) is 0 Å². The van der Waals surface area contributed by atoms with E-state index >= 15 is 0 Å². The number of aromatic nitrogens is 1. The molecule has 132 valence electrons. The van der Waals surface area contributed by atoms with Crippen LogP contribution in [0.4, 0.5) is 0 Å². The highest BCUT2D eigenvalue weighted by Crippen LogP contribution is 2.37. The van der Waals surface area contributed by atoms with Crippen molar-refractivity contribution in [1.82, 2.24) is 4.57 Å². The van der Waals surface area contributed by atoms with E-state index in [0.717, 1.165) is 39.8 Å². The normalized spacial score (nSPS) is 11.2. The van der Waals surface area contributed by atoms with Gasteiger partial charge in [-0.1, -0.05) is 36.4 Å². The average Bonchev–Trinajstić information content (AvgIpc) is 3.01. The first kappa shape index (κ1) is 16.5. The number of rotatable bonds is 6. The predicted molar refractivity (Wildman–Crippen MR) is 106 cm³/mol. The molecule has 1 aromatic heterocycles. The van der Waals surface area contributed by atoms with Crippen molar-refractivity contribution in [1.29, 1.82) is 0 Å². The lowest BCUT2D eigenvalue weighted by molar-refractivity contribution is 0.332. The molecule has 2 N–H and O–H groups in total. The molecule has 4 nitrogen and oxygen atoms in total. The summed E-state index contributed by atoms with van der Waals surface area (Å²) in [6.07, 6.45) is 0. The molecule has 26 heavy (non-hydrogen) atoms. The number of benzene rings is 3. The molecule has 0 saturated carbocycles. The zero-order valence-corrected chi connectivity index (χ0v) is 14.8. The first-order valence-electron chi connectivity index (χ1n) is 8.77. The molecule has 0 aliphatic rings. The van der Waals surface area contributed by atoms with Gasteiger partial charge in [-0.15, -0.1) is 0 Å². The minimum atomic E-state index is 0.488. The minimum absolute atomic E-state index is 0.488. The van der Waals surface area contributed by atoms with Gasteiger partial charge in [-0.25, -0.2) is 0 Å². The second-order valence-corrected chi connectivity index (χ2v) is 6.24. The Bertz CT molecular complexity index is 1040. The summed E-state index contributed by atoms with van der Waals surface area (Å²) in [6, 6.07) is 22.9. The molecule has 0 aliphatic heterocycles. The van der Waals surface area contributed by atoms with Gasteiger partial charge < -0.3 is 19.8 Å². The van der Waals surface area contributed by atoms with Gasteiger partial charge in [0, 0.05) is 29.4 Å². The van der Waals surface area contributed by atoms with Crippen molar-refractivity contribution in [3.05, 3.63) is 72.3 Å². The van der Waals surface area contributed by atoms with Crippen molar-refractivity contribution in [2.24, 2.45) is 5.73 Å². The number of methoxy groups -OCH3 is 1. The quantitative estimate of drug-likeness (QED) is 0.569. The summed E-state index contributed by atoms with van der Waals surface area (Å²) in [6.45, 7) is 1.78. The number of nitrogens with zero attached hydrogens (tertiary/aromatic N) is 1. The lowest BCUT2D eigenvalue weighted by Gasteiger charge is -2.09. The highest BCUT2D eigenvalue weighted by Gasteiger charge is 2.15. The summed E-state index contributed by atoms with van der Waals surface area (Å²) in [5.41, 5.74) is 9.20. The SMILES string of the molecule is COc1ccc2c(c1)c1c(OCCN)cccc1n2Cc1ccccc1. The maximum Gasteiger partial charge on any atom is 0.129 e. The first-order chi connectivity index (χ1) is 12.8. The molecule has 0 fully saturated rings. The molecule has 0 saturated heterocycles. The molecule has 0 amide bonds. The molecule has 0 spiro atoms. The lowest BCUT2D eigenvalue weighted by Crippen LogP contribution is -2.10. The fraction of sp³-hybridized carbons (Fsp3) is 0.182. The van der Waals surface area contributed by atoms with Crippen molar-refractivity contribution in [2.45, 2.75) is 6.54 Å². The molecule has 0 radical (unpaired) electrons. The highest BCUT2D eigenvalue weighted by atomic mass is 16.5. The van der Waals surface area contributed by atoms with E-state index in [-0.39, 0.29) is 0 Å². The van der Waals surface area contributed by atoms with Gasteiger partial charge in [-0.2, -0.15) is 0 Å². The molecule has 4 rings (SSSR count). The van der Waals surface area contributed by atoms with Crippen molar-refractivity contribution in [3.8, 4) is 11.5 Å². The van der Waals surface area contributed by atoms with Crippen molar-refractivity contribution in [2.75, 3.05) is 20.3 Å². The molecular weight excluding hydrogens is 324 g/mol. The van der Waals surface area contributed by atoms with E-state index in [0.29, 0.717) is 13.2 Å². The zero-order valence-electron chi connectivity index (χ0n) is 14.8. The Balaban J connectivity index is 1.97. The van der Waals surface area contributed by atoms with Gasteiger partial charge in [0.1, 0.15) is 18.1 Å². The van der Waals surface area contributed by atoms with Crippen LogP contribution in [0.15, 0.2) is 66.7 Å². The smallest absolute Gasteiger partial charge is 0.129 e. The Morgan fingerprint density at radius 3 is 2.54 bits per heavy atom. The van der Waals surface area contributed by atoms with Crippen LogP contribution in [-0.4, -0.2) is 24.8 Å². The maximum absolute atomic E-state index is 5.93. The number of hydrogen-bond donors (Lipinski definition) is 1. The third-order valence-corrected chi connectivity index (χ3v) is 4.62. The van der Waals surface area contributed by atoms with Crippen LogP contribution in [-0.2, 0) is 6.54 Å². The fourth-order valence-electron chi connectivity index (χ4n) is 3.45. The van der Waals surface area contributed by atoms with Gasteiger partial charge in [-0.3, -0.25) is 0 Å². The summed E-state index contributed by atoms with van der Waals surface area (Å²) < 4.78 is 13.7. The molecule has 0 bridgehead atoms. The third kappa shape index (κ3) is 2.89. The molecule has 0 atom stereocenters. The monoisotopic (exact) mass is 346 g/mol. The van der Waals surface area contributed by atoms with Crippen LogP contribution in [0.3, 0.4) is 0 Å². The first-order valence-corrected chi connectivity index (χ1v) is 8.77. The largest absolute Gasteiger partial charge is 0.497 e. The van der Waals surface area contributed by atoms with Crippen molar-refractivity contribution < 1.29 is 9.47 Å². The summed E-state index contributed by atoms with van der Waals surface area (Å²) in [4.78, 5) is 0. The van der Waals surface area contributed by atoms with Gasteiger partial charge in [0.2, 0.25) is 0 Å². The molecule has 4 aromatic rings. The van der Waals surface area contributed by atoms with Crippen molar-refractivity contribution >= 4 is 21.8 Å². The molecule has 0 unspecified atom stereocenters. The lowest BCUT2D eigenvalue weighted by atomic mass is 10.1. The maximum atomic E-state index is 5.93. The molecule has 0 aliphatic carbocycles. The van der Waals surface area contributed by atoms with Crippen LogP contribution in [0.25, 0.3) is 21.8 Å². The topological polar surface area (TPSA) is 49.4 Å². The molecule has 1 heterocycles. The van der Waals surface area contributed by atoms with Gasteiger partial charge >= 0.3 is 0 Å². The summed E-state index contributed by atoms with van der Waals surface area (Å²) in [7, 11) is 1.69. The van der Waals surface area contributed by atoms with E-state index in [1.807, 2.05) is 24.3 Å². The van der Waals surface area contributed by atoms with Gasteiger partial charge in [0.05, 0.1) is 12.6 Å². The number of nitrogens with two attached hydrogens (primary N) is 1. The minimum Gasteiger partial charge on any atom is -0.497 e. The zero-order chi connectivity index (χ0) is 17.9. The highest BCUT2D eigenvalue weighted by molar-refractivity contribution is 6.11. The predicted octanol–water partition coefficient (Wildman–Crippen LogP) is 4.19. The van der Waals surface area contributed by atoms with E-state index in [1.54, 1.807) is 7.11 Å². The van der Waals surface area contributed by atoms with E-state index in [1.165, 1.54) is 5.56 Å². The Morgan fingerprint density at radius 2 is 1.77 bits per heavy atom. The molecule has 3 aromatic carbocycles. The molecule has 4 heteroatoms. The standard InChI is InChI=1S/C22H22N2O2/c1-25-17-10-11-19-18(14-17)22-20(8-5-9-21(22)26-13-12-23)24(19)15-16-6-3-2-4-7-16/h2-11,14H,12-13,15,23H2,1H3. The number of hydrogen-bond acceptors (Lipinski definition) is 3. The van der Waals surface area contributed by atoms with Gasteiger partial charge in [0.15, 0.2) is 0 Å². The van der Waals surface area contributed by atoms with E-state index in [4.69, 9.17) is 15.2 Å². The number of ether oxygens (including phenoxy) is 2. The molecular formula is C22H22N2O2. The summed E-state index contributed by atoms with van der Waals surface area (Å²) >= 11 is 0. The Kier molecular flexibility index (Phi) is 4.50. The van der Waals surface area contributed by atoms with E-state index < -0.39 is 0 Å². The van der Waals surface area contributed by atoms with E-state index in [9.17, 15) is 0 Å². The third-order valence-electron chi connectivity index (χ3n) is 4.62. The Hall–Kier alpha value is -2.98. The van der Waals surface area contributed by atoms with Crippen LogP contribution in [0.5, 0.6) is 11.5 Å².